The molecule has 23 heavy (non-hydrogen) atoms. The molecule has 2 aromatic rings. The van der Waals surface area contributed by atoms with Gasteiger partial charge in [0.1, 0.15) is 5.75 Å². The van der Waals surface area contributed by atoms with E-state index in [1.165, 1.54) is 5.56 Å². The highest BCUT2D eigenvalue weighted by atomic mass is 16.5. The Labute approximate surface area is 137 Å². The Morgan fingerprint density at radius 1 is 1.09 bits per heavy atom. The lowest BCUT2D eigenvalue weighted by Crippen LogP contribution is -2.19. The van der Waals surface area contributed by atoms with Crippen LogP contribution in [0.25, 0.3) is 0 Å². The summed E-state index contributed by atoms with van der Waals surface area (Å²) >= 11 is 0. The van der Waals surface area contributed by atoms with Crippen LogP contribution < -0.4 is 10.2 Å². The van der Waals surface area contributed by atoms with Crippen LogP contribution in [0.5, 0.6) is 5.75 Å². The second-order valence-electron chi connectivity index (χ2n) is 5.30. The van der Waals surface area contributed by atoms with Crippen LogP contribution in [-0.2, 0) is 11.2 Å². The van der Waals surface area contributed by atoms with E-state index in [4.69, 9.17) is 4.74 Å². The zero-order valence-electron chi connectivity index (χ0n) is 13.6. The number of carbonyl (C=O) groups is 1. The minimum Gasteiger partial charge on any atom is -0.497 e. The molecule has 0 aliphatic heterocycles. The van der Waals surface area contributed by atoms with E-state index in [2.05, 4.69) is 22.7 Å². The van der Waals surface area contributed by atoms with Crippen LogP contribution >= 0.6 is 0 Å². The summed E-state index contributed by atoms with van der Waals surface area (Å²) in [7, 11) is 1.63. The van der Waals surface area contributed by atoms with Crippen molar-refractivity contribution >= 4 is 11.6 Å². The average Bonchev–Trinajstić information content (AvgIpc) is 2.60. The first kappa shape index (κ1) is 16.7. The Bertz CT molecular complexity index is 649. The van der Waals surface area contributed by atoms with Crippen molar-refractivity contribution in [3.05, 3.63) is 65.7 Å². The number of methoxy groups -OCH3 is 1. The second kappa shape index (κ2) is 8.73. The minimum atomic E-state index is -0.0613. The lowest BCUT2D eigenvalue weighted by Gasteiger charge is -2.05. The van der Waals surface area contributed by atoms with Gasteiger partial charge in [0.05, 0.1) is 12.8 Å². The van der Waals surface area contributed by atoms with Gasteiger partial charge in [-0.25, -0.2) is 5.43 Å². The van der Waals surface area contributed by atoms with Crippen LogP contribution in [0.1, 0.15) is 30.9 Å². The maximum atomic E-state index is 11.8. The summed E-state index contributed by atoms with van der Waals surface area (Å²) in [5, 5.41) is 4.15. The van der Waals surface area contributed by atoms with Crippen molar-refractivity contribution < 1.29 is 9.53 Å². The molecule has 0 aromatic heterocycles. The van der Waals surface area contributed by atoms with Gasteiger partial charge in [0.15, 0.2) is 0 Å². The Balaban J connectivity index is 1.77. The molecule has 4 nitrogen and oxygen atoms in total. The van der Waals surface area contributed by atoms with Crippen LogP contribution in [0.2, 0.25) is 0 Å². The summed E-state index contributed by atoms with van der Waals surface area (Å²) in [5.41, 5.74) is 5.58. The molecule has 0 saturated carbocycles. The van der Waals surface area contributed by atoms with Gasteiger partial charge in [-0.3, -0.25) is 4.79 Å². The lowest BCUT2D eigenvalue weighted by atomic mass is 10.1. The summed E-state index contributed by atoms with van der Waals surface area (Å²) in [5.74, 6) is 0.736. The number of carbonyl (C=O) groups excluding carboxylic acids is 1. The van der Waals surface area contributed by atoms with Gasteiger partial charge in [0.25, 0.3) is 0 Å². The number of ether oxygens (including phenoxy) is 1. The summed E-state index contributed by atoms with van der Waals surface area (Å²) in [6, 6.07) is 17.7. The molecule has 0 bridgehead atoms. The van der Waals surface area contributed by atoms with Gasteiger partial charge in [0.2, 0.25) is 5.91 Å². The third kappa shape index (κ3) is 5.58. The first-order chi connectivity index (χ1) is 11.2. The SMILES string of the molecule is COc1ccc(C(C)=NNC(=O)CCCc2ccccc2)cc1. The molecule has 0 unspecified atom stereocenters. The Kier molecular flexibility index (Phi) is 6.36. The second-order valence-corrected chi connectivity index (χ2v) is 5.30. The van der Waals surface area contributed by atoms with Gasteiger partial charge in [-0.1, -0.05) is 30.3 Å². The molecule has 1 N–H and O–H groups in total. The van der Waals surface area contributed by atoms with Crippen LogP contribution in [-0.4, -0.2) is 18.7 Å². The van der Waals surface area contributed by atoms with E-state index in [-0.39, 0.29) is 5.91 Å². The molecule has 2 aromatic carbocycles. The monoisotopic (exact) mass is 310 g/mol. The van der Waals surface area contributed by atoms with E-state index in [1.54, 1.807) is 7.11 Å². The first-order valence-corrected chi connectivity index (χ1v) is 7.70. The molecule has 2 rings (SSSR count). The minimum absolute atomic E-state index is 0.0613. The van der Waals surface area contributed by atoms with Crippen molar-refractivity contribution in [2.75, 3.05) is 7.11 Å². The Hall–Kier alpha value is -2.62. The third-order valence-electron chi connectivity index (χ3n) is 3.57. The maximum Gasteiger partial charge on any atom is 0.240 e. The van der Waals surface area contributed by atoms with Crippen molar-refractivity contribution in [1.82, 2.24) is 5.43 Å². The number of nitrogens with zero attached hydrogens (tertiary/aromatic N) is 1. The zero-order valence-corrected chi connectivity index (χ0v) is 13.6. The van der Waals surface area contributed by atoms with Gasteiger partial charge < -0.3 is 4.74 Å². The molecule has 120 valence electrons. The van der Waals surface area contributed by atoms with Crippen LogP contribution in [0.15, 0.2) is 59.7 Å². The van der Waals surface area contributed by atoms with Gasteiger partial charge in [0, 0.05) is 6.42 Å². The lowest BCUT2D eigenvalue weighted by molar-refractivity contribution is -0.121. The van der Waals surface area contributed by atoms with E-state index in [0.717, 1.165) is 29.9 Å². The van der Waals surface area contributed by atoms with Crippen LogP contribution in [0, 0.1) is 0 Å². The Morgan fingerprint density at radius 2 is 1.78 bits per heavy atom. The van der Waals surface area contributed by atoms with Gasteiger partial charge >= 0.3 is 0 Å². The number of hydrogen-bond donors (Lipinski definition) is 1. The highest BCUT2D eigenvalue weighted by Crippen LogP contribution is 2.11. The van der Waals surface area contributed by atoms with Crippen molar-refractivity contribution in [2.45, 2.75) is 26.2 Å². The van der Waals surface area contributed by atoms with Crippen molar-refractivity contribution in [3.8, 4) is 5.75 Å². The van der Waals surface area contributed by atoms with Crippen LogP contribution in [0.4, 0.5) is 0 Å². The third-order valence-corrected chi connectivity index (χ3v) is 3.57. The highest BCUT2D eigenvalue weighted by molar-refractivity contribution is 5.99. The van der Waals surface area contributed by atoms with E-state index >= 15 is 0 Å². The molecule has 0 fully saturated rings. The van der Waals surface area contributed by atoms with E-state index in [0.29, 0.717) is 6.42 Å². The topological polar surface area (TPSA) is 50.7 Å². The van der Waals surface area contributed by atoms with Gasteiger partial charge in [-0.05, 0) is 55.2 Å². The number of rotatable bonds is 7. The molecule has 0 heterocycles. The largest absolute Gasteiger partial charge is 0.497 e. The number of amides is 1. The quantitative estimate of drug-likeness (QED) is 0.628. The predicted octanol–water partition coefficient (Wildman–Crippen LogP) is 3.56. The van der Waals surface area contributed by atoms with Crippen LogP contribution in [0.3, 0.4) is 0 Å². The number of benzene rings is 2. The standard InChI is InChI=1S/C19H22N2O2/c1-15(17-11-13-18(23-2)14-12-17)20-21-19(22)10-6-9-16-7-4-3-5-8-16/h3-5,7-8,11-14H,6,9-10H2,1-2H3,(H,21,22). The van der Waals surface area contributed by atoms with Crippen molar-refractivity contribution in [1.29, 1.82) is 0 Å². The molecule has 0 atom stereocenters. The van der Waals surface area contributed by atoms with Crippen molar-refractivity contribution in [3.63, 3.8) is 0 Å². The smallest absolute Gasteiger partial charge is 0.240 e. The fourth-order valence-electron chi connectivity index (χ4n) is 2.20. The summed E-state index contributed by atoms with van der Waals surface area (Å²) in [6.07, 6.45) is 2.18. The molecule has 0 aliphatic rings. The number of aryl methyl sites for hydroxylation is 1. The van der Waals surface area contributed by atoms with Gasteiger partial charge in [-0.2, -0.15) is 5.10 Å². The molecule has 4 heteroatoms. The molecular weight excluding hydrogens is 288 g/mol. The molecule has 0 saturated heterocycles. The van der Waals surface area contributed by atoms with Gasteiger partial charge in [-0.15, -0.1) is 0 Å². The van der Waals surface area contributed by atoms with E-state index < -0.39 is 0 Å². The fraction of sp³-hybridized carbons (Fsp3) is 0.263. The summed E-state index contributed by atoms with van der Waals surface area (Å²) in [4.78, 5) is 11.8. The van der Waals surface area contributed by atoms with Crippen molar-refractivity contribution in [2.24, 2.45) is 5.10 Å². The molecular formula is C19H22N2O2. The Morgan fingerprint density at radius 3 is 2.43 bits per heavy atom. The molecule has 0 radical (unpaired) electrons. The maximum absolute atomic E-state index is 11.8. The predicted molar refractivity (Wildman–Crippen MR) is 92.7 cm³/mol. The number of hydrogen-bond acceptors (Lipinski definition) is 3. The van der Waals surface area contributed by atoms with E-state index in [1.807, 2.05) is 49.4 Å². The number of nitrogens with one attached hydrogen (secondary N) is 1. The highest BCUT2D eigenvalue weighted by Gasteiger charge is 2.02. The molecule has 1 amide bonds. The zero-order chi connectivity index (χ0) is 16.5. The molecule has 0 aliphatic carbocycles. The van der Waals surface area contributed by atoms with E-state index in [9.17, 15) is 4.79 Å². The number of hydrazone groups is 1. The first-order valence-electron chi connectivity index (χ1n) is 7.70. The summed E-state index contributed by atoms with van der Waals surface area (Å²) in [6.45, 7) is 1.87. The fourth-order valence-corrected chi connectivity index (χ4v) is 2.20. The molecule has 0 spiro atoms. The summed E-state index contributed by atoms with van der Waals surface area (Å²) < 4.78 is 5.12. The average molecular weight is 310 g/mol. The normalized spacial score (nSPS) is 11.1.